The zero-order chi connectivity index (χ0) is 21.7. The lowest BCUT2D eigenvalue weighted by Gasteiger charge is -2.15. The van der Waals surface area contributed by atoms with Gasteiger partial charge in [-0.2, -0.15) is 5.10 Å². The van der Waals surface area contributed by atoms with Gasteiger partial charge in [-0.15, -0.1) is 24.0 Å². The highest BCUT2D eigenvalue weighted by atomic mass is 127. The molecule has 0 saturated heterocycles. The van der Waals surface area contributed by atoms with E-state index in [4.69, 9.17) is 5.14 Å². The van der Waals surface area contributed by atoms with Crippen molar-refractivity contribution in [2.45, 2.75) is 31.8 Å². The molecule has 0 saturated carbocycles. The van der Waals surface area contributed by atoms with Crippen LogP contribution in [0.25, 0.3) is 5.69 Å². The molecular weight excluding hydrogens is 527 g/mol. The van der Waals surface area contributed by atoms with E-state index in [1.165, 1.54) is 6.07 Å². The lowest BCUT2D eigenvalue weighted by Crippen LogP contribution is -2.36. The molecule has 3 rings (SSSR count). The number of hydrogen-bond donors (Lipinski definition) is 3. The van der Waals surface area contributed by atoms with Crippen molar-refractivity contribution in [1.29, 1.82) is 0 Å². The summed E-state index contributed by atoms with van der Waals surface area (Å²) in [5, 5.41) is 16.3. The first kappa shape index (κ1) is 24.8. The highest BCUT2D eigenvalue weighted by Crippen LogP contribution is 2.17. The van der Waals surface area contributed by atoms with E-state index in [9.17, 15) is 8.42 Å². The SMILES string of the molecule is CN=C(NCc1cccc(S(N)(=O)=O)c1)NCc1ccccc1-n1nc(C)cc1C.I. The van der Waals surface area contributed by atoms with Crippen molar-refractivity contribution in [3.8, 4) is 5.69 Å². The molecule has 2 aromatic carbocycles. The van der Waals surface area contributed by atoms with Crippen LogP contribution in [0.3, 0.4) is 0 Å². The normalized spacial score (nSPS) is 11.7. The maximum Gasteiger partial charge on any atom is 0.238 e. The van der Waals surface area contributed by atoms with Crippen LogP contribution in [0.2, 0.25) is 0 Å². The molecule has 0 aliphatic heterocycles. The maximum atomic E-state index is 11.5. The number of nitrogens with two attached hydrogens (primary N) is 1. The van der Waals surface area contributed by atoms with Crippen molar-refractivity contribution < 1.29 is 8.42 Å². The Morgan fingerprint density at radius 1 is 1.06 bits per heavy atom. The number of rotatable bonds is 6. The number of hydrogen-bond acceptors (Lipinski definition) is 4. The Balaban J connectivity index is 0.00000341. The Morgan fingerprint density at radius 3 is 2.42 bits per heavy atom. The van der Waals surface area contributed by atoms with Gasteiger partial charge in [-0.3, -0.25) is 4.99 Å². The van der Waals surface area contributed by atoms with Crippen LogP contribution in [0.4, 0.5) is 0 Å². The molecule has 0 bridgehead atoms. The number of benzene rings is 2. The Labute approximate surface area is 200 Å². The molecule has 0 fully saturated rings. The number of primary sulfonamides is 1. The average molecular weight is 554 g/mol. The number of halogens is 1. The fraction of sp³-hybridized carbons (Fsp3) is 0.238. The molecule has 4 N–H and O–H groups in total. The summed E-state index contributed by atoms with van der Waals surface area (Å²) in [4.78, 5) is 4.33. The molecule has 0 radical (unpaired) electrons. The van der Waals surface area contributed by atoms with Gasteiger partial charge in [0.05, 0.1) is 16.3 Å². The molecule has 31 heavy (non-hydrogen) atoms. The van der Waals surface area contributed by atoms with Crippen LogP contribution >= 0.6 is 24.0 Å². The van der Waals surface area contributed by atoms with Gasteiger partial charge in [0.15, 0.2) is 5.96 Å². The standard InChI is InChI=1S/C21H26N6O2S.HI/c1-15-11-16(2)27(26-15)20-10-5-4-8-18(20)14-25-21(23-3)24-13-17-7-6-9-19(12-17)30(22,28)29;/h4-12H,13-14H2,1-3H3,(H2,22,28,29)(H2,23,24,25);1H. The third-order valence-electron chi connectivity index (χ3n) is 4.59. The lowest BCUT2D eigenvalue weighted by molar-refractivity contribution is 0.597. The van der Waals surface area contributed by atoms with Gasteiger partial charge in [-0.25, -0.2) is 18.2 Å². The van der Waals surface area contributed by atoms with Crippen molar-refractivity contribution in [3.63, 3.8) is 0 Å². The average Bonchev–Trinajstić information content (AvgIpc) is 3.06. The minimum absolute atomic E-state index is 0. The van der Waals surface area contributed by atoms with Gasteiger partial charge in [0.2, 0.25) is 10.0 Å². The minimum Gasteiger partial charge on any atom is -0.352 e. The zero-order valence-corrected chi connectivity index (χ0v) is 20.8. The smallest absolute Gasteiger partial charge is 0.238 e. The van der Waals surface area contributed by atoms with E-state index in [2.05, 4.69) is 20.7 Å². The molecule has 0 atom stereocenters. The predicted octanol–water partition coefficient (Wildman–Crippen LogP) is 2.62. The summed E-state index contributed by atoms with van der Waals surface area (Å²) in [6.07, 6.45) is 0. The molecule has 10 heteroatoms. The Hall–Kier alpha value is -2.44. The number of aryl methyl sites for hydroxylation is 2. The Kier molecular flexibility index (Phi) is 8.60. The number of nitrogens with one attached hydrogen (secondary N) is 2. The molecule has 0 amide bonds. The maximum absolute atomic E-state index is 11.5. The second-order valence-electron chi connectivity index (χ2n) is 6.94. The van der Waals surface area contributed by atoms with Crippen LogP contribution in [-0.2, 0) is 23.1 Å². The molecule has 0 aliphatic rings. The van der Waals surface area contributed by atoms with Gasteiger partial charge in [0, 0.05) is 25.8 Å². The van der Waals surface area contributed by atoms with Gasteiger partial charge >= 0.3 is 0 Å². The molecule has 0 aliphatic carbocycles. The van der Waals surface area contributed by atoms with Crippen molar-refractivity contribution in [3.05, 3.63) is 77.1 Å². The summed E-state index contributed by atoms with van der Waals surface area (Å²) in [5.41, 5.74) is 4.90. The molecule has 8 nitrogen and oxygen atoms in total. The summed E-state index contributed by atoms with van der Waals surface area (Å²) >= 11 is 0. The monoisotopic (exact) mass is 554 g/mol. The molecular formula is C21H27IN6O2S. The van der Waals surface area contributed by atoms with E-state index in [-0.39, 0.29) is 28.9 Å². The van der Waals surface area contributed by atoms with Crippen molar-refractivity contribution in [2.24, 2.45) is 10.1 Å². The van der Waals surface area contributed by atoms with Gasteiger partial charge in [0.1, 0.15) is 0 Å². The summed E-state index contributed by atoms with van der Waals surface area (Å²) in [5.74, 6) is 0.596. The second-order valence-corrected chi connectivity index (χ2v) is 8.50. The second kappa shape index (κ2) is 10.7. The summed E-state index contributed by atoms with van der Waals surface area (Å²) in [7, 11) is -2.05. The minimum atomic E-state index is -3.73. The van der Waals surface area contributed by atoms with E-state index < -0.39 is 10.0 Å². The van der Waals surface area contributed by atoms with Crippen LogP contribution in [0.15, 0.2) is 64.5 Å². The number of aliphatic imine (C=N–C) groups is 1. The van der Waals surface area contributed by atoms with Crippen LogP contribution < -0.4 is 15.8 Å². The van der Waals surface area contributed by atoms with E-state index in [1.54, 1.807) is 19.2 Å². The Morgan fingerprint density at radius 2 is 1.77 bits per heavy atom. The number of sulfonamides is 1. The van der Waals surface area contributed by atoms with Crippen LogP contribution in [0, 0.1) is 13.8 Å². The molecule has 166 valence electrons. The van der Waals surface area contributed by atoms with Gasteiger partial charge in [-0.1, -0.05) is 30.3 Å². The predicted molar refractivity (Wildman–Crippen MR) is 133 cm³/mol. The first-order valence-corrected chi connectivity index (χ1v) is 11.0. The third-order valence-corrected chi connectivity index (χ3v) is 5.50. The van der Waals surface area contributed by atoms with Crippen molar-refractivity contribution >= 4 is 40.0 Å². The van der Waals surface area contributed by atoms with Crippen LogP contribution in [0.5, 0.6) is 0 Å². The fourth-order valence-corrected chi connectivity index (χ4v) is 3.74. The topological polar surface area (TPSA) is 114 Å². The van der Waals surface area contributed by atoms with Crippen molar-refractivity contribution in [2.75, 3.05) is 7.05 Å². The number of nitrogens with zero attached hydrogens (tertiary/aromatic N) is 3. The molecule has 0 unspecified atom stereocenters. The van der Waals surface area contributed by atoms with E-state index in [0.29, 0.717) is 19.0 Å². The van der Waals surface area contributed by atoms with Crippen molar-refractivity contribution in [1.82, 2.24) is 20.4 Å². The first-order chi connectivity index (χ1) is 14.3. The highest BCUT2D eigenvalue weighted by molar-refractivity contribution is 14.0. The fourth-order valence-electron chi connectivity index (χ4n) is 3.16. The third kappa shape index (κ3) is 6.52. The summed E-state index contributed by atoms with van der Waals surface area (Å²) in [6, 6.07) is 16.6. The van der Waals surface area contributed by atoms with Gasteiger partial charge in [-0.05, 0) is 49.2 Å². The number of guanidine groups is 1. The Bertz CT molecular complexity index is 1170. The van der Waals surface area contributed by atoms with Crippen LogP contribution in [0.1, 0.15) is 22.5 Å². The zero-order valence-electron chi connectivity index (χ0n) is 17.7. The largest absolute Gasteiger partial charge is 0.352 e. The van der Waals surface area contributed by atoms with Gasteiger partial charge < -0.3 is 10.6 Å². The lowest BCUT2D eigenvalue weighted by atomic mass is 10.1. The van der Waals surface area contributed by atoms with Gasteiger partial charge in [0.25, 0.3) is 0 Å². The molecule has 1 heterocycles. The van der Waals surface area contributed by atoms with E-state index in [0.717, 1.165) is 28.2 Å². The molecule has 0 spiro atoms. The first-order valence-electron chi connectivity index (χ1n) is 9.46. The van der Waals surface area contributed by atoms with E-state index in [1.807, 2.05) is 54.9 Å². The molecule has 3 aromatic rings. The van der Waals surface area contributed by atoms with Crippen LogP contribution in [-0.4, -0.2) is 31.2 Å². The summed E-state index contributed by atoms with van der Waals surface area (Å²) in [6.45, 7) is 4.95. The number of para-hydroxylation sites is 1. The highest BCUT2D eigenvalue weighted by Gasteiger charge is 2.10. The quantitative estimate of drug-likeness (QED) is 0.246. The molecule has 1 aromatic heterocycles. The van der Waals surface area contributed by atoms with E-state index >= 15 is 0 Å². The number of aromatic nitrogens is 2. The summed E-state index contributed by atoms with van der Waals surface area (Å²) < 4.78 is 25.0.